The number of hydrogen-bond acceptors (Lipinski definition) is 4. The smallest absolute Gasteiger partial charge is 0.244 e. The molecule has 0 radical (unpaired) electrons. The molecular formula is C13H22N4O2S. The highest BCUT2D eigenvalue weighted by Gasteiger charge is 2.23. The predicted molar refractivity (Wildman–Crippen MR) is 78.1 cm³/mol. The molecule has 0 saturated carbocycles. The second kappa shape index (κ2) is 6.07. The van der Waals surface area contributed by atoms with Gasteiger partial charge >= 0.3 is 0 Å². The molecule has 0 aliphatic carbocycles. The summed E-state index contributed by atoms with van der Waals surface area (Å²) < 4.78 is 28.9. The van der Waals surface area contributed by atoms with Crippen LogP contribution in [0.2, 0.25) is 0 Å². The van der Waals surface area contributed by atoms with Crippen molar-refractivity contribution in [2.75, 3.05) is 19.6 Å². The molecule has 7 heteroatoms. The van der Waals surface area contributed by atoms with Crippen LogP contribution in [-0.2, 0) is 17.1 Å². The molecule has 0 spiro atoms. The minimum atomic E-state index is -3.48. The zero-order valence-corrected chi connectivity index (χ0v) is 13.0. The van der Waals surface area contributed by atoms with Gasteiger partial charge in [0.1, 0.15) is 4.90 Å². The van der Waals surface area contributed by atoms with Gasteiger partial charge in [0.2, 0.25) is 10.0 Å². The van der Waals surface area contributed by atoms with Crippen molar-refractivity contribution in [1.82, 2.24) is 19.8 Å². The van der Waals surface area contributed by atoms with Crippen molar-refractivity contribution in [3.8, 4) is 0 Å². The van der Waals surface area contributed by atoms with Crippen LogP contribution in [0, 0.1) is 13.8 Å². The van der Waals surface area contributed by atoms with Crippen LogP contribution in [-0.4, -0.2) is 37.8 Å². The van der Waals surface area contributed by atoms with Crippen LogP contribution in [0.15, 0.2) is 16.5 Å². The molecule has 0 aromatic carbocycles. The van der Waals surface area contributed by atoms with Crippen LogP contribution >= 0.6 is 0 Å². The van der Waals surface area contributed by atoms with E-state index in [1.54, 1.807) is 25.6 Å². The Hall–Kier alpha value is -1.18. The van der Waals surface area contributed by atoms with Gasteiger partial charge < -0.3 is 5.32 Å². The van der Waals surface area contributed by atoms with Crippen molar-refractivity contribution in [1.29, 1.82) is 0 Å². The molecule has 0 bridgehead atoms. The normalized spacial score (nSPS) is 16.2. The average Bonchev–Trinajstić information content (AvgIpc) is 2.64. The summed E-state index contributed by atoms with van der Waals surface area (Å²) in [6.07, 6.45) is 3.89. The Balaban J connectivity index is 2.02. The van der Waals surface area contributed by atoms with E-state index < -0.39 is 10.0 Å². The lowest BCUT2D eigenvalue weighted by atomic mass is 10.1. The van der Waals surface area contributed by atoms with E-state index in [0.717, 1.165) is 25.9 Å². The van der Waals surface area contributed by atoms with Gasteiger partial charge in [-0.3, -0.25) is 4.68 Å². The molecule has 0 atom stereocenters. The fourth-order valence-corrected chi connectivity index (χ4v) is 3.92. The molecule has 0 saturated heterocycles. The Morgan fingerprint density at radius 3 is 2.75 bits per heavy atom. The number of hydrogen-bond donors (Lipinski definition) is 2. The number of sulfonamides is 1. The van der Waals surface area contributed by atoms with Crippen molar-refractivity contribution in [3.63, 3.8) is 0 Å². The highest BCUT2D eigenvalue weighted by molar-refractivity contribution is 7.89. The maximum absolute atomic E-state index is 12.3. The standard InChI is InChI=1S/C13H22N4O2S/c1-10-13(11(2)17(3)16-10)20(18,19)15-9-6-12-4-7-14-8-5-12/h4,14-15H,5-9H2,1-3H3. The first-order valence-corrected chi connectivity index (χ1v) is 8.28. The second-order valence-corrected chi connectivity index (χ2v) is 6.79. The lowest BCUT2D eigenvalue weighted by molar-refractivity contribution is 0.578. The number of aromatic nitrogens is 2. The van der Waals surface area contributed by atoms with E-state index in [-0.39, 0.29) is 0 Å². The summed E-state index contributed by atoms with van der Waals surface area (Å²) in [5, 5.41) is 7.39. The molecule has 2 rings (SSSR count). The third-order valence-corrected chi connectivity index (χ3v) is 5.32. The van der Waals surface area contributed by atoms with E-state index in [4.69, 9.17) is 0 Å². The van der Waals surface area contributed by atoms with Crippen molar-refractivity contribution < 1.29 is 8.42 Å². The molecule has 20 heavy (non-hydrogen) atoms. The van der Waals surface area contributed by atoms with Gasteiger partial charge in [0.15, 0.2) is 0 Å². The van der Waals surface area contributed by atoms with Gasteiger partial charge in [-0.05, 0) is 33.2 Å². The fraction of sp³-hybridized carbons (Fsp3) is 0.615. The van der Waals surface area contributed by atoms with Crippen LogP contribution < -0.4 is 10.0 Å². The number of nitrogens with one attached hydrogen (secondary N) is 2. The van der Waals surface area contributed by atoms with Crippen molar-refractivity contribution in [3.05, 3.63) is 23.0 Å². The van der Waals surface area contributed by atoms with Crippen LogP contribution in [0.4, 0.5) is 0 Å². The van der Waals surface area contributed by atoms with E-state index in [1.165, 1.54) is 5.57 Å². The molecule has 2 N–H and O–H groups in total. The third kappa shape index (κ3) is 3.28. The fourth-order valence-electron chi connectivity index (χ4n) is 2.46. The SMILES string of the molecule is Cc1nn(C)c(C)c1S(=O)(=O)NCCC1=CCNCC1. The molecule has 0 fully saturated rings. The summed E-state index contributed by atoms with van der Waals surface area (Å²) in [5.74, 6) is 0. The van der Waals surface area contributed by atoms with Crippen molar-refractivity contribution >= 4 is 10.0 Å². The van der Waals surface area contributed by atoms with Crippen LogP contribution in [0.25, 0.3) is 0 Å². The van der Waals surface area contributed by atoms with Crippen molar-refractivity contribution in [2.45, 2.75) is 31.6 Å². The molecule has 112 valence electrons. The van der Waals surface area contributed by atoms with Gasteiger partial charge in [0.05, 0.1) is 11.4 Å². The first-order chi connectivity index (χ1) is 9.42. The number of nitrogens with zero attached hydrogens (tertiary/aromatic N) is 2. The number of aryl methyl sites for hydroxylation is 2. The second-order valence-electron chi connectivity index (χ2n) is 5.09. The Morgan fingerprint density at radius 1 is 1.45 bits per heavy atom. The van der Waals surface area contributed by atoms with E-state index >= 15 is 0 Å². The predicted octanol–water partition coefficient (Wildman–Crippen LogP) is 0.625. The summed E-state index contributed by atoms with van der Waals surface area (Å²) in [6.45, 7) is 5.77. The maximum Gasteiger partial charge on any atom is 0.244 e. The van der Waals surface area contributed by atoms with E-state index in [1.807, 2.05) is 0 Å². The summed E-state index contributed by atoms with van der Waals surface area (Å²) in [6, 6.07) is 0. The van der Waals surface area contributed by atoms with Gasteiger partial charge in [-0.15, -0.1) is 0 Å². The van der Waals surface area contributed by atoms with Gasteiger partial charge in [-0.2, -0.15) is 5.10 Å². The minimum absolute atomic E-state index is 0.305. The average molecular weight is 298 g/mol. The molecule has 0 amide bonds. The molecule has 1 aromatic rings. The summed E-state index contributed by atoms with van der Waals surface area (Å²) in [7, 11) is -1.73. The molecule has 6 nitrogen and oxygen atoms in total. The van der Waals surface area contributed by atoms with Crippen molar-refractivity contribution in [2.24, 2.45) is 7.05 Å². The molecular weight excluding hydrogens is 276 g/mol. The third-order valence-electron chi connectivity index (χ3n) is 3.61. The maximum atomic E-state index is 12.3. The zero-order chi connectivity index (χ0) is 14.8. The summed E-state index contributed by atoms with van der Waals surface area (Å²) in [4.78, 5) is 0.305. The minimum Gasteiger partial charge on any atom is -0.313 e. The van der Waals surface area contributed by atoms with Crippen LogP contribution in [0.1, 0.15) is 24.2 Å². The first-order valence-electron chi connectivity index (χ1n) is 6.80. The first kappa shape index (κ1) is 15.2. The summed E-state index contributed by atoms with van der Waals surface area (Å²) >= 11 is 0. The van der Waals surface area contributed by atoms with Gasteiger partial charge in [0.25, 0.3) is 0 Å². The van der Waals surface area contributed by atoms with Crippen LogP contribution in [0.3, 0.4) is 0 Å². The Bertz CT molecular complexity index is 617. The van der Waals surface area contributed by atoms with Gasteiger partial charge in [0, 0.05) is 20.1 Å². The zero-order valence-electron chi connectivity index (χ0n) is 12.2. The lowest BCUT2D eigenvalue weighted by Gasteiger charge is -2.14. The number of rotatable bonds is 5. The monoisotopic (exact) mass is 298 g/mol. The Kier molecular flexibility index (Phi) is 4.62. The van der Waals surface area contributed by atoms with Gasteiger partial charge in [-0.25, -0.2) is 13.1 Å². The van der Waals surface area contributed by atoms with Gasteiger partial charge in [-0.1, -0.05) is 11.6 Å². The molecule has 2 heterocycles. The Morgan fingerprint density at radius 2 is 2.20 bits per heavy atom. The summed E-state index contributed by atoms with van der Waals surface area (Å²) in [5.41, 5.74) is 2.51. The molecule has 0 unspecified atom stereocenters. The molecule has 1 aliphatic heterocycles. The van der Waals surface area contributed by atoms with Crippen LogP contribution in [0.5, 0.6) is 0 Å². The highest BCUT2D eigenvalue weighted by Crippen LogP contribution is 2.18. The Labute approximate surface area is 120 Å². The lowest BCUT2D eigenvalue weighted by Crippen LogP contribution is -2.27. The molecule has 1 aliphatic rings. The topological polar surface area (TPSA) is 76.0 Å². The molecule has 1 aromatic heterocycles. The highest BCUT2D eigenvalue weighted by atomic mass is 32.2. The quantitative estimate of drug-likeness (QED) is 0.782. The van der Waals surface area contributed by atoms with E-state index in [0.29, 0.717) is 22.8 Å². The van der Waals surface area contributed by atoms with E-state index in [2.05, 4.69) is 21.2 Å². The largest absolute Gasteiger partial charge is 0.313 e. The van der Waals surface area contributed by atoms with E-state index in [9.17, 15) is 8.42 Å².